The van der Waals surface area contributed by atoms with Crippen LogP contribution in [0.4, 0.5) is 4.39 Å². The van der Waals surface area contributed by atoms with Crippen molar-refractivity contribution in [1.82, 2.24) is 10.2 Å². The maximum absolute atomic E-state index is 14.5. The van der Waals surface area contributed by atoms with Crippen molar-refractivity contribution in [3.8, 4) is 0 Å². The van der Waals surface area contributed by atoms with E-state index in [4.69, 9.17) is 11.6 Å². The van der Waals surface area contributed by atoms with Gasteiger partial charge in [0.1, 0.15) is 11.6 Å². The minimum Gasteiger partial charge on any atom is -0.611 e. The molecule has 0 aromatic heterocycles. The molecule has 1 aliphatic rings. The smallest absolute Gasteiger partial charge is 0.251 e. The Hall–Kier alpha value is -1.60. The van der Waals surface area contributed by atoms with Crippen molar-refractivity contribution in [3.63, 3.8) is 0 Å². The maximum Gasteiger partial charge on any atom is 0.251 e. The molecular weight excluding hydrogens is 411 g/mol. The quantitative estimate of drug-likeness (QED) is 0.649. The molecule has 0 saturated carbocycles. The summed E-state index contributed by atoms with van der Waals surface area (Å²) in [6.07, 6.45) is 3.53. The predicted molar refractivity (Wildman–Crippen MR) is 115 cm³/mol. The van der Waals surface area contributed by atoms with Crippen LogP contribution in [0.2, 0.25) is 5.02 Å². The number of carbonyl (C=O) groups is 1. The van der Waals surface area contributed by atoms with E-state index in [0.717, 1.165) is 25.9 Å². The monoisotopic (exact) mass is 436 g/mol. The number of rotatable bonds is 7. The normalized spacial score (nSPS) is 15.9. The Morgan fingerprint density at radius 1 is 1.17 bits per heavy atom. The molecule has 1 unspecified atom stereocenters. The summed E-state index contributed by atoms with van der Waals surface area (Å²) >= 11 is 4.90. The average Bonchev–Trinajstić information content (AvgIpc) is 2.73. The van der Waals surface area contributed by atoms with Gasteiger partial charge in [-0.3, -0.25) is 9.69 Å². The second-order valence-corrected chi connectivity index (χ2v) is 9.36. The number of carbonyl (C=O) groups excluding carboxylic acids is 1. The van der Waals surface area contributed by atoms with Gasteiger partial charge in [-0.25, -0.2) is 4.39 Å². The molecule has 4 nitrogen and oxygen atoms in total. The van der Waals surface area contributed by atoms with Crippen LogP contribution in [0, 0.1) is 5.82 Å². The lowest BCUT2D eigenvalue weighted by atomic mass is 10.1. The van der Waals surface area contributed by atoms with Crippen molar-refractivity contribution < 1.29 is 13.7 Å². The third kappa shape index (κ3) is 5.95. The van der Waals surface area contributed by atoms with Crippen molar-refractivity contribution in [1.29, 1.82) is 0 Å². The lowest BCUT2D eigenvalue weighted by Crippen LogP contribution is -2.29. The summed E-state index contributed by atoms with van der Waals surface area (Å²) in [7, 11) is 0. The van der Waals surface area contributed by atoms with E-state index in [9.17, 15) is 13.7 Å². The molecular formula is C22H26ClFN2O2S. The topological polar surface area (TPSA) is 55.4 Å². The fourth-order valence-electron chi connectivity index (χ4n) is 3.52. The van der Waals surface area contributed by atoms with Crippen LogP contribution in [0.15, 0.2) is 41.3 Å². The fourth-order valence-corrected chi connectivity index (χ4v) is 4.67. The van der Waals surface area contributed by atoms with Gasteiger partial charge in [0.25, 0.3) is 5.91 Å². The predicted octanol–water partition coefficient (Wildman–Crippen LogP) is 4.52. The summed E-state index contributed by atoms with van der Waals surface area (Å²) in [5, 5.41) is 3.29. The number of piperidine rings is 1. The summed E-state index contributed by atoms with van der Waals surface area (Å²) in [5.41, 5.74) is 1.58. The van der Waals surface area contributed by atoms with Crippen LogP contribution >= 0.6 is 11.6 Å². The van der Waals surface area contributed by atoms with Crippen LogP contribution in [0.1, 0.15) is 47.7 Å². The molecule has 1 fully saturated rings. The van der Waals surface area contributed by atoms with Crippen LogP contribution < -0.4 is 5.32 Å². The summed E-state index contributed by atoms with van der Waals surface area (Å²) in [4.78, 5) is 15.4. The van der Waals surface area contributed by atoms with Crippen LogP contribution in [-0.2, 0) is 24.3 Å². The van der Waals surface area contributed by atoms with E-state index < -0.39 is 11.2 Å². The Kier molecular flexibility index (Phi) is 7.95. The first-order valence-electron chi connectivity index (χ1n) is 9.93. The van der Waals surface area contributed by atoms with Crippen LogP contribution in [0.3, 0.4) is 0 Å². The fraction of sp³-hybridized carbons (Fsp3) is 0.409. The van der Waals surface area contributed by atoms with Gasteiger partial charge in [0.2, 0.25) is 0 Å². The van der Waals surface area contributed by atoms with Gasteiger partial charge < -0.3 is 9.87 Å². The highest BCUT2D eigenvalue weighted by atomic mass is 35.5. The number of hydrogen-bond acceptors (Lipinski definition) is 3. The van der Waals surface area contributed by atoms with E-state index in [0.29, 0.717) is 33.3 Å². The zero-order valence-electron chi connectivity index (χ0n) is 16.5. The highest BCUT2D eigenvalue weighted by Crippen LogP contribution is 2.22. The molecule has 2 aromatic rings. The van der Waals surface area contributed by atoms with Gasteiger partial charge in [-0.1, -0.05) is 24.1 Å². The van der Waals surface area contributed by atoms with Gasteiger partial charge in [0, 0.05) is 34.8 Å². The SMILES string of the molecule is CC[S+]([O-])c1ccc(Cl)cc1CNC(=O)c1ccc(CN2CCCCC2)c(F)c1. The minimum absolute atomic E-state index is 0.178. The molecule has 0 bridgehead atoms. The number of nitrogens with one attached hydrogen (secondary N) is 1. The molecule has 156 valence electrons. The van der Waals surface area contributed by atoms with Gasteiger partial charge in [0.15, 0.2) is 4.90 Å². The maximum atomic E-state index is 14.5. The molecule has 1 amide bonds. The summed E-state index contributed by atoms with van der Waals surface area (Å²) < 4.78 is 26.7. The lowest BCUT2D eigenvalue weighted by molar-refractivity contribution is 0.0950. The Labute approximate surface area is 179 Å². The van der Waals surface area contributed by atoms with E-state index in [1.807, 2.05) is 6.92 Å². The summed E-state index contributed by atoms with van der Waals surface area (Å²) in [6.45, 7) is 4.56. The lowest BCUT2D eigenvalue weighted by Gasteiger charge is -2.26. The minimum atomic E-state index is -1.15. The van der Waals surface area contributed by atoms with Crippen molar-refractivity contribution in [3.05, 3.63) is 63.9 Å². The van der Waals surface area contributed by atoms with Crippen LogP contribution in [-0.4, -0.2) is 34.2 Å². The molecule has 29 heavy (non-hydrogen) atoms. The van der Waals surface area contributed by atoms with Crippen LogP contribution in [0.5, 0.6) is 0 Å². The van der Waals surface area contributed by atoms with E-state index in [-0.39, 0.29) is 23.8 Å². The largest absolute Gasteiger partial charge is 0.611 e. The molecule has 3 rings (SSSR count). The third-order valence-corrected chi connectivity index (χ3v) is 6.78. The van der Waals surface area contributed by atoms with Gasteiger partial charge in [0.05, 0.1) is 0 Å². The van der Waals surface area contributed by atoms with Crippen molar-refractivity contribution >= 4 is 28.7 Å². The Morgan fingerprint density at radius 3 is 2.62 bits per heavy atom. The number of halogens is 2. The van der Waals surface area contributed by atoms with E-state index in [1.165, 1.54) is 12.5 Å². The molecule has 1 saturated heterocycles. The van der Waals surface area contributed by atoms with Crippen LogP contribution in [0.25, 0.3) is 0 Å². The van der Waals surface area contributed by atoms with E-state index in [1.54, 1.807) is 30.3 Å². The zero-order chi connectivity index (χ0) is 20.8. The molecule has 1 N–H and O–H groups in total. The highest BCUT2D eigenvalue weighted by molar-refractivity contribution is 7.91. The molecule has 2 aromatic carbocycles. The summed E-state index contributed by atoms with van der Waals surface area (Å²) in [6, 6.07) is 9.74. The second-order valence-electron chi connectivity index (χ2n) is 7.21. The number of amides is 1. The molecule has 7 heteroatoms. The molecule has 1 heterocycles. The Balaban J connectivity index is 1.65. The zero-order valence-corrected chi connectivity index (χ0v) is 18.1. The molecule has 0 spiro atoms. The number of hydrogen-bond donors (Lipinski definition) is 1. The molecule has 0 aliphatic carbocycles. The molecule has 0 radical (unpaired) electrons. The van der Waals surface area contributed by atoms with Crippen molar-refractivity contribution in [2.45, 2.75) is 44.2 Å². The Morgan fingerprint density at radius 2 is 1.93 bits per heavy atom. The van der Waals surface area contributed by atoms with Gasteiger partial charge in [-0.15, -0.1) is 0 Å². The molecule has 1 aliphatic heterocycles. The number of nitrogens with zero attached hydrogens (tertiary/aromatic N) is 1. The van der Waals surface area contributed by atoms with Gasteiger partial charge in [-0.2, -0.15) is 0 Å². The summed E-state index contributed by atoms with van der Waals surface area (Å²) in [5.74, 6) is -0.257. The number of likely N-dealkylation sites (tertiary alicyclic amines) is 1. The first-order chi connectivity index (χ1) is 14.0. The van der Waals surface area contributed by atoms with Crippen molar-refractivity contribution in [2.75, 3.05) is 18.8 Å². The standard InChI is InChI=1S/C22H26ClFN2O2S/c1-2-29(28)21-9-8-19(23)12-18(21)14-25-22(27)16-6-7-17(20(24)13-16)15-26-10-4-3-5-11-26/h6-9,12-13H,2-5,10-11,14-15H2,1H3,(H,25,27). The average molecular weight is 437 g/mol. The van der Waals surface area contributed by atoms with E-state index in [2.05, 4.69) is 10.2 Å². The molecule has 1 atom stereocenters. The first kappa shape index (κ1) is 22.1. The number of benzene rings is 2. The van der Waals surface area contributed by atoms with Gasteiger partial charge >= 0.3 is 0 Å². The van der Waals surface area contributed by atoms with Crippen molar-refractivity contribution in [2.24, 2.45) is 0 Å². The van der Waals surface area contributed by atoms with E-state index >= 15 is 0 Å². The van der Waals surface area contributed by atoms with Gasteiger partial charge in [-0.05, 0) is 74.4 Å². The highest BCUT2D eigenvalue weighted by Gasteiger charge is 2.17. The first-order valence-corrected chi connectivity index (χ1v) is 11.6. The Bertz CT molecular complexity index is 859. The third-order valence-electron chi connectivity index (χ3n) is 5.13. The second kappa shape index (κ2) is 10.4.